The second-order valence-electron chi connectivity index (χ2n) is 6.06. The highest BCUT2D eigenvalue weighted by Crippen LogP contribution is 2.25. The largest absolute Gasteiger partial charge is 0.399 e. The predicted molar refractivity (Wildman–Crippen MR) is 89.8 cm³/mol. The molecule has 114 valence electrons. The van der Waals surface area contributed by atoms with Gasteiger partial charge in [0.1, 0.15) is 0 Å². The summed E-state index contributed by atoms with van der Waals surface area (Å²) in [7, 11) is 0. The second-order valence-corrected chi connectivity index (χ2v) is 6.06. The van der Waals surface area contributed by atoms with Gasteiger partial charge >= 0.3 is 0 Å². The quantitative estimate of drug-likeness (QED) is 0.849. The van der Waals surface area contributed by atoms with E-state index in [0.29, 0.717) is 11.3 Å². The zero-order chi connectivity index (χ0) is 15.5. The summed E-state index contributed by atoms with van der Waals surface area (Å²) in [5.74, 6) is -0.0856. The summed E-state index contributed by atoms with van der Waals surface area (Å²) in [4.78, 5) is 12.3. The number of fused-ring (bicyclic) bond motifs is 1. The Morgan fingerprint density at radius 3 is 2.64 bits per heavy atom. The number of carbonyl (C=O) groups is 1. The van der Waals surface area contributed by atoms with Crippen LogP contribution in [0.25, 0.3) is 0 Å². The summed E-state index contributed by atoms with van der Waals surface area (Å²) in [5, 5.41) is 3.05. The molecule has 0 aromatic heterocycles. The molecule has 1 unspecified atom stereocenters. The molecule has 1 atom stereocenters. The van der Waals surface area contributed by atoms with Crippen molar-refractivity contribution in [1.82, 2.24) is 5.32 Å². The van der Waals surface area contributed by atoms with Gasteiger partial charge in [-0.15, -0.1) is 0 Å². The summed E-state index contributed by atoms with van der Waals surface area (Å²) in [6, 6.07) is 13.7. The number of nitrogen functional groups attached to an aromatic ring is 1. The average molecular weight is 294 g/mol. The minimum atomic E-state index is -0.0856. The maximum absolute atomic E-state index is 12.3. The molecule has 0 heterocycles. The fourth-order valence-corrected chi connectivity index (χ4v) is 3.07. The number of hydrogen-bond donors (Lipinski definition) is 2. The van der Waals surface area contributed by atoms with Crippen LogP contribution >= 0.6 is 0 Å². The van der Waals surface area contributed by atoms with Crippen molar-refractivity contribution in [2.45, 2.75) is 38.6 Å². The minimum Gasteiger partial charge on any atom is -0.399 e. The Balaban J connectivity index is 1.74. The van der Waals surface area contributed by atoms with Gasteiger partial charge in [0.05, 0.1) is 6.04 Å². The lowest BCUT2D eigenvalue weighted by Crippen LogP contribution is -2.26. The molecule has 3 heteroatoms. The van der Waals surface area contributed by atoms with Crippen molar-refractivity contribution in [2.24, 2.45) is 0 Å². The third-order valence-corrected chi connectivity index (χ3v) is 4.37. The Bertz CT molecular complexity index is 694. The van der Waals surface area contributed by atoms with Crippen LogP contribution in [0.3, 0.4) is 0 Å². The number of amides is 1. The van der Waals surface area contributed by atoms with Crippen molar-refractivity contribution in [3.05, 3.63) is 64.7 Å². The highest BCUT2D eigenvalue weighted by Gasteiger charge is 2.15. The maximum Gasteiger partial charge on any atom is 0.251 e. The zero-order valence-electron chi connectivity index (χ0n) is 12.9. The van der Waals surface area contributed by atoms with Crippen LogP contribution < -0.4 is 11.1 Å². The third kappa shape index (κ3) is 3.14. The van der Waals surface area contributed by atoms with Crippen molar-refractivity contribution in [2.75, 3.05) is 5.73 Å². The van der Waals surface area contributed by atoms with E-state index < -0.39 is 0 Å². The van der Waals surface area contributed by atoms with Crippen LogP contribution in [0, 0.1) is 0 Å². The predicted octanol–water partition coefficient (Wildman–Crippen LogP) is 3.64. The molecule has 3 nitrogen and oxygen atoms in total. The van der Waals surface area contributed by atoms with Crippen LogP contribution in [-0.2, 0) is 12.8 Å². The molecular weight excluding hydrogens is 272 g/mol. The van der Waals surface area contributed by atoms with Crippen molar-refractivity contribution >= 4 is 11.6 Å². The van der Waals surface area contributed by atoms with E-state index in [1.54, 1.807) is 24.3 Å². The van der Waals surface area contributed by atoms with Crippen LogP contribution in [0.2, 0.25) is 0 Å². The number of anilines is 1. The Hall–Kier alpha value is -2.29. The van der Waals surface area contributed by atoms with Crippen LogP contribution in [0.1, 0.15) is 52.9 Å². The zero-order valence-corrected chi connectivity index (χ0v) is 12.9. The Morgan fingerprint density at radius 2 is 1.86 bits per heavy atom. The molecule has 1 aliphatic rings. The van der Waals surface area contributed by atoms with E-state index in [0.717, 1.165) is 12.0 Å². The first kappa shape index (κ1) is 14.6. The van der Waals surface area contributed by atoms with Crippen molar-refractivity contribution < 1.29 is 4.79 Å². The van der Waals surface area contributed by atoms with Gasteiger partial charge in [0.15, 0.2) is 0 Å². The van der Waals surface area contributed by atoms with Gasteiger partial charge in [0.25, 0.3) is 5.91 Å². The third-order valence-electron chi connectivity index (χ3n) is 4.37. The topological polar surface area (TPSA) is 55.1 Å². The molecule has 3 N–H and O–H groups in total. The van der Waals surface area contributed by atoms with Crippen LogP contribution in [0.15, 0.2) is 42.5 Å². The van der Waals surface area contributed by atoms with E-state index in [9.17, 15) is 4.79 Å². The van der Waals surface area contributed by atoms with Gasteiger partial charge in [-0.05, 0) is 67.5 Å². The number of aryl methyl sites for hydroxylation is 2. The number of carbonyl (C=O) groups excluding carboxylic acids is 1. The number of benzene rings is 2. The van der Waals surface area contributed by atoms with E-state index in [1.807, 2.05) is 6.92 Å². The smallest absolute Gasteiger partial charge is 0.251 e. The van der Waals surface area contributed by atoms with Gasteiger partial charge in [-0.25, -0.2) is 0 Å². The Morgan fingerprint density at radius 1 is 1.09 bits per heavy atom. The summed E-state index contributed by atoms with van der Waals surface area (Å²) in [5.41, 5.74) is 11.0. The first-order valence-corrected chi connectivity index (χ1v) is 7.91. The lowest BCUT2D eigenvalue weighted by Gasteiger charge is -2.20. The van der Waals surface area contributed by atoms with Crippen molar-refractivity contribution in [3.8, 4) is 0 Å². The number of rotatable bonds is 3. The molecule has 1 aliphatic carbocycles. The first-order chi connectivity index (χ1) is 10.6. The number of nitrogens with two attached hydrogens (primary N) is 1. The van der Waals surface area contributed by atoms with Gasteiger partial charge in [0.2, 0.25) is 0 Å². The van der Waals surface area contributed by atoms with Gasteiger partial charge in [-0.3, -0.25) is 4.79 Å². The second kappa shape index (κ2) is 6.22. The van der Waals surface area contributed by atoms with Gasteiger partial charge in [-0.1, -0.05) is 24.3 Å². The van der Waals surface area contributed by atoms with Crippen LogP contribution in [0.4, 0.5) is 5.69 Å². The number of nitrogens with one attached hydrogen (secondary N) is 1. The molecular formula is C19H22N2O. The molecule has 2 aromatic carbocycles. The SMILES string of the molecule is CC(NC(=O)c1cccc(N)c1)c1ccc2c(c1)CCCC2. The van der Waals surface area contributed by atoms with E-state index in [4.69, 9.17) is 5.73 Å². The molecule has 0 bridgehead atoms. The molecule has 22 heavy (non-hydrogen) atoms. The van der Waals surface area contributed by atoms with Gasteiger partial charge < -0.3 is 11.1 Å². The van der Waals surface area contributed by atoms with E-state index in [1.165, 1.54) is 30.4 Å². The molecule has 0 fully saturated rings. The minimum absolute atomic E-state index is 0.0128. The summed E-state index contributed by atoms with van der Waals surface area (Å²) < 4.78 is 0. The summed E-state index contributed by atoms with van der Waals surface area (Å²) >= 11 is 0. The van der Waals surface area contributed by atoms with E-state index in [-0.39, 0.29) is 11.9 Å². The Labute approximate surface area is 131 Å². The highest BCUT2D eigenvalue weighted by atomic mass is 16.1. The molecule has 0 radical (unpaired) electrons. The van der Waals surface area contributed by atoms with E-state index in [2.05, 4.69) is 23.5 Å². The lowest BCUT2D eigenvalue weighted by molar-refractivity contribution is 0.0940. The molecule has 0 spiro atoms. The molecule has 0 saturated heterocycles. The monoisotopic (exact) mass is 294 g/mol. The average Bonchev–Trinajstić information content (AvgIpc) is 2.54. The summed E-state index contributed by atoms with van der Waals surface area (Å²) in [6.45, 7) is 2.02. The van der Waals surface area contributed by atoms with Crippen molar-refractivity contribution in [3.63, 3.8) is 0 Å². The van der Waals surface area contributed by atoms with Crippen molar-refractivity contribution in [1.29, 1.82) is 0 Å². The molecule has 0 saturated carbocycles. The van der Waals surface area contributed by atoms with Gasteiger partial charge in [0, 0.05) is 11.3 Å². The molecule has 0 aliphatic heterocycles. The van der Waals surface area contributed by atoms with Crippen LogP contribution in [0.5, 0.6) is 0 Å². The van der Waals surface area contributed by atoms with Crippen LogP contribution in [-0.4, -0.2) is 5.91 Å². The normalized spacial score (nSPS) is 15.0. The Kier molecular flexibility index (Phi) is 4.14. The van der Waals surface area contributed by atoms with Gasteiger partial charge in [-0.2, -0.15) is 0 Å². The summed E-state index contributed by atoms with van der Waals surface area (Å²) in [6.07, 6.45) is 4.88. The number of hydrogen-bond acceptors (Lipinski definition) is 2. The fourth-order valence-electron chi connectivity index (χ4n) is 3.07. The molecule has 3 rings (SSSR count). The maximum atomic E-state index is 12.3. The highest BCUT2D eigenvalue weighted by molar-refractivity contribution is 5.95. The van der Waals surface area contributed by atoms with E-state index >= 15 is 0 Å². The molecule has 2 aromatic rings. The molecule has 1 amide bonds. The first-order valence-electron chi connectivity index (χ1n) is 7.91. The fraction of sp³-hybridized carbons (Fsp3) is 0.316. The lowest BCUT2D eigenvalue weighted by atomic mass is 9.89. The standard InChI is InChI=1S/C19H22N2O/c1-13(21-19(22)17-7-4-8-18(20)12-17)15-10-9-14-5-2-3-6-16(14)11-15/h4,7-13H,2-3,5-6,20H2,1H3,(H,21,22).